The van der Waals surface area contributed by atoms with Crippen LogP contribution in [0.15, 0.2) is 73.2 Å². The van der Waals surface area contributed by atoms with E-state index in [9.17, 15) is 4.79 Å². The lowest BCUT2D eigenvalue weighted by Gasteiger charge is -2.32. The van der Waals surface area contributed by atoms with E-state index in [1.807, 2.05) is 54.6 Å². The zero-order valence-electron chi connectivity index (χ0n) is 16.2. The number of ether oxygens (including phenoxy) is 1. The molecule has 1 amide bonds. The van der Waals surface area contributed by atoms with E-state index >= 15 is 0 Å². The van der Waals surface area contributed by atoms with Crippen LogP contribution >= 0.6 is 0 Å². The Labute approximate surface area is 170 Å². The highest BCUT2D eigenvalue weighted by atomic mass is 16.5. The Morgan fingerprint density at radius 2 is 1.97 bits per heavy atom. The van der Waals surface area contributed by atoms with Gasteiger partial charge in [-0.05, 0) is 42.7 Å². The smallest absolute Gasteiger partial charge is 0.225 e. The van der Waals surface area contributed by atoms with Gasteiger partial charge in [0.2, 0.25) is 5.91 Å². The summed E-state index contributed by atoms with van der Waals surface area (Å²) in [5.74, 6) is 2.41. The lowest BCUT2D eigenvalue weighted by molar-refractivity contribution is -0.125. The van der Waals surface area contributed by atoms with Gasteiger partial charge in [0.05, 0.1) is 12.1 Å². The molecule has 6 nitrogen and oxygen atoms in total. The first-order valence-corrected chi connectivity index (χ1v) is 9.88. The number of carbonyl (C=O) groups excluding carboxylic acids is 1. The molecular formula is C23H24N4O2. The third-order valence-electron chi connectivity index (χ3n) is 5.01. The molecule has 4 rings (SSSR count). The highest BCUT2D eigenvalue weighted by Gasteiger charge is 2.26. The molecule has 1 aromatic heterocycles. The number of nitrogens with one attached hydrogen (secondary N) is 1. The molecule has 1 fully saturated rings. The summed E-state index contributed by atoms with van der Waals surface area (Å²) >= 11 is 0. The van der Waals surface area contributed by atoms with Crippen molar-refractivity contribution in [3.05, 3.63) is 78.8 Å². The van der Waals surface area contributed by atoms with Crippen LogP contribution in [-0.2, 0) is 11.3 Å². The third kappa shape index (κ3) is 5.10. The number of hydrogen-bond acceptors (Lipinski definition) is 5. The fourth-order valence-electron chi connectivity index (χ4n) is 3.53. The molecule has 0 radical (unpaired) electrons. The number of amides is 1. The summed E-state index contributed by atoms with van der Waals surface area (Å²) in [5, 5.41) is 3.07. The number of piperidine rings is 1. The molecule has 6 heteroatoms. The fourth-order valence-corrected chi connectivity index (χ4v) is 3.53. The first kappa shape index (κ1) is 18.9. The summed E-state index contributed by atoms with van der Waals surface area (Å²) in [4.78, 5) is 23.3. The number of aromatic nitrogens is 2. The highest BCUT2D eigenvalue weighted by Crippen LogP contribution is 2.23. The normalized spacial score (nSPS) is 16.3. The van der Waals surface area contributed by atoms with Crippen molar-refractivity contribution in [2.24, 2.45) is 5.92 Å². The molecule has 1 aliphatic heterocycles. The van der Waals surface area contributed by atoms with Gasteiger partial charge in [0.1, 0.15) is 17.3 Å². The van der Waals surface area contributed by atoms with Crippen LogP contribution in [0.3, 0.4) is 0 Å². The van der Waals surface area contributed by atoms with Gasteiger partial charge in [0, 0.05) is 32.0 Å². The highest BCUT2D eigenvalue weighted by molar-refractivity contribution is 5.79. The number of nitrogens with zero attached hydrogens (tertiary/aromatic N) is 3. The molecule has 2 aromatic carbocycles. The van der Waals surface area contributed by atoms with E-state index in [1.165, 1.54) is 0 Å². The van der Waals surface area contributed by atoms with E-state index < -0.39 is 0 Å². The Hall–Kier alpha value is -3.41. The molecule has 29 heavy (non-hydrogen) atoms. The average Bonchev–Trinajstić information content (AvgIpc) is 2.79. The predicted molar refractivity (Wildman–Crippen MR) is 112 cm³/mol. The number of hydrogen-bond donors (Lipinski definition) is 1. The maximum absolute atomic E-state index is 12.7. The maximum atomic E-state index is 12.7. The molecule has 0 spiro atoms. The minimum absolute atomic E-state index is 0.0468. The van der Waals surface area contributed by atoms with Crippen LogP contribution in [-0.4, -0.2) is 29.0 Å². The molecule has 2 heterocycles. The summed E-state index contributed by atoms with van der Waals surface area (Å²) < 4.78 is 5.87. The molecule has 0 aliphatic carbocycles. The monoisotopic (exact) mass is 388 g/mol. The number of benzene rings is 2. The SMILES string of the molecule is O=C(NCc1cccc(Oc2ccccc2)c1)[C@@H]1CCCN(c2cnccn2)C1. The van der Waals surface area contributed by atoms with E-state index in [0.29, 0.717) is 13.1 Å². The summed E-state index contributed by atoms with van der Waals surface area (Å²) in [6.45, 7) is 2.05. The Bertz CT molecular complexity index is 934. The number of anilines is 1. The second kappa shape index (κ2) is 9.19. The van der Waals surface area contributed by atoms with Gasteiger partial charge in [-0.1, -0.05) is 30.3 Å². The van der Waals surface area contributed by atoms with E-state index in [-0.39, 0.29) is 11.8 Å². The van der Waals surface area contributed by atoms with Gasteiger partial charge in [-0.2, -0.15) is 0 Å². The van der Waals surface area contributed by atoms with Crippen molar-refractivity contribution in [2.45, 2.75) is 19.4 Å². The van der Waals surface area contributed by atoms with E-state index in [4.69, 9.17) is 4.74 Å². The number of rotatable bonds is 6. The molecule has 1 aliphatic rings. The Morgan fingerprint density at radius 3 is 2.79 bits per heavy atom. The molecule has 0 bridgehead atoms. The quantitative estimate of drug-likeness (QED) is 0.696. The molecule has 1 N–H and O–H groups in total. The van der Waals surface area contributed by atoms with Gasteiger partial charge in [0.15, 0.2) is 0 Å². The Kier molecular flexibility index (Phi) is 6.00. The van der Waals surface area contributed by atoms with Gasteiger partial charge in [-0.3, -0.25) is 9.78 Å². The van der Waals surface area contributed by atoms with Crippen LogP contribution in [0, 0.1) is 5.92 Å². The Morgan fingerprint density at radius 1 is 1.10 bits per heavy atom. The van der Waals surface area contributed by atoms with E-state index in [2.05, 4.69) is 20.2 Å². The number of carbonyl (C=O) groups is 1. The molecule has 148 valence electrons. The second-order valence-electron chi connectivity index (χ2n) is 7.13. The first-order chi connectivity index (χ1) is 14.3. The van der Waals surface area contributed by atoms with E-state index in [1.54, 1.807) is 18.6 Å². The van der Waals surface area contributed by atoms with E-state index in [0.717, 1.165) is 42.3 Å². The zero-order chi connectivity index (χ0) is 19.9. The second-order valence-corrected chi connectivity index (χ2v) is 7.13. The van der Waals surface area contributed by atoms with Crippen LogP contribution in [0.4, 0.5) is 5.82 Å². The van der Waals surface area contributed by atoms with Crippen molar-refractivity contribution in [3.63, 3.8) is 0 Å². The topological polar surface area (TPSA) is 67.3 Å². The molecule has 0 unspecified atom stereocenters. The van der Waals surface area contributed by atoms with Crippen LogP contribution < -0.4 is 15.0 Å². The Balaban J connectivity index is 1.33. The zero-order valence-corrected chi connectivity index (χ0v) is 16.2. The molecule has 3 aromatic rings. The van der Waals surface area contributed by atoms with Crippen molar-refractivity contribution in [1.82, 2.24) is 15.3 Å². The lowest BCUT2D eigenvalue weighted by atomic mass is 9.97. The van der Waals surface area contributed by atoms with Gasteiger partial charge in [0.25, 0.3) is 0 Å². The standard InChI is InChI=1S/C23H24N4O2/c28-23(19-7-5-13-27(17-19)22-16-24-11-12-25-22)26-15-18-6-4-10-21(14-18)29-20-8-2-1-3-9-20/h1-4,6,8-12,14,16,19H,5,7,13,15,17H2,(H,26,28)/t19-/m1/s1. The van der Waals surface area contributed by atoms with Crippen molar-refractivity contribution in [1.29, 1.82) is 0 Å². The van der Waals surface area contributed by atoms with Gasteiger partial charge in [-0.25, -0.2) is 4.98 Å². The predicted octanol–water partition coefficient (Wildman–Crippen LogP) is 3.80. The van der Waals surface area contributed by atoms with Crippen LogP contribution in [0.5, 0.6) is 11.5 Å². The largest absolute Gasteiger partial charge is 0.457 e. The minimum Gasteiger partial charge on any atom is -0.457 e. The third-order valence-corrected chi connectivity index (χ3v) is 5.01. The first-order valence-electron chi connectivity index (χ1n) is 9.88. The summed E-state index contributed by atoms with van der Waals surface area (Å²) in [7, 11) is 0. The van der Waals surface area contributed by atoms with Crippen molar-refractivity contribution >= 4 is 11.7 Å². The average molecular weight is 388 g/mol. The van der Waals surface area contributed by atoms with Crippen molar-refractivity contribution < 1.29 is 9.53 Å². The van der Waals surface area contributed by atoms with Crippen LogP contribution in [0.2, 0.25) is 0 Å². The molecule has 1 saturated heterocycles. The van der Waals surface area contributed by atoms with Crippen LogP contribution in [0.1, 0.15) is 18.4 Å². The molecule has 0 saturated carbocycles. The van der Waals surface area contributed by atoms with Crippen LogP contribution in [0.25, 0.3) is 0 Å². The number of para-hydroxylation sites is 1. The fraction of sp³-hybridized carbons (Fsp3) is 0.261. The van der Waals surface area contributed by atoms with Gasteiger partial charge < -0.3 is 15.0 Å². The summed E-state index contributed by atoms with van der Waals surface area (Å²) in [5.41, 5.74) is 1.01. The maximum Gasteiger partial charge on any atom is 0.225 e. The lowest BCUT2D eigenvalue weighted by Crippen LogP contribution is -2.43. The van der Waals surface area contributed by atoms with Gasteiger partial charge >= 0.3 is 0 Å². The minimum atomic E-state index is -0.0468. The summed E-state index contributed by atoms with van der Waals surface area (Å²) in [6, 6.07) is 17.5. The van der Waals surface area contributed by atoms with Gasteiger partial charge in [-0.15, -0.1) is 0 Å². The molecular weight excluding hydrogens is 364 g/mol. The molecule has 1 atom stereocenters. The summed E-state index contributed by atoms with van der Waals surface area (Å²) in [6.07, 6.45) is 6.95. The van der Waals surface area contributed by atoms with Crippen molar-refractivity contribution in [2.75, 3.05) is 18.0 Å². The van der Waals surface area contributed by atoms with Crippen molar-refractivity contribution in [3.8, 4) is 11.5 Å².